The average molecular weight is 512 g/mol. The Morgan fingerprint density at radius 3 is 1.76 bits per heavy atom. The van der Waals surface area contributed by atoms with Crippen molar-refractivity contribution in [1.82, 2.24) is 1.08 Å². The average Bonchev–Trinajstić information content (AvgIpc) is 3.05. The zero-order valence-corrected chi connectivity index (χ0v) is 20.3. The van der Waals surface area contributed by atoms with Gasteiger partial charge in [-0.05, 0) is 0 Å². The monoisotopic (exact) mass is 512 g/mol. The van der Waals surface area contributed by atoms with Crippen LogP contribution in [0.25, 0.3) is 11.1 Å². The summed E-state index contributed by atoms with van der Waals surface area (Å²) in [5.41, 5.74) is 7.80. The predicted octanol–water partition coefficient (Wildman–Crippen LogP) is 1.69. The second-order valence-electron chi connectivity index (χ2n) is 7.15. The molecule has 1 nitrogen and oxygen atoms in total. The summed E-state index contributed by atoms with van der Waals surface area (Å²) in [4.78, 5) is 0. The number of halogens is 1. The van der Waals surface area contributed by atoms with Gasteiger partial charge >= 0.3 is 201 Å². The summed E-state index contributed by atoms with van der Waals surface area (Å²) in [7, 11) is 0. The van der Waals surface area contributed by atoms with E-state index in [0.29, 0.717) is 0 Å². The molecule has 4 aromatic carbocycles. The fourth-order valence-corrected chi connectivity index (χ4v) is 7.53. The van der Waals surface area contributed by atoms with Gasteiger partial charge in [-0.15, -0.1) is 0 Å². The first kappa shape index (κ1) is 19.6. The third-order valence-electron chi connectivity index (χ3n) is 5.62. The van der Waals surface area contributed by atoms with E-state index in [0.717, 1.165) is 0 Å². The first-order chi connectivity index (χ1) is 14.2. The van der Waals surface area contributed by atoms with Gasteiger partial charge in [0, 0.05) is 0 Å². The summed E-state index contributed by atoms with van der Waals surface area (Å²) >= 11 is 5.32. The van der Waals surface area contributed by atoms with Crippen molar-refractivity contribution in [2.24, 2.45) is 0 Å². The summed E-state index contributed by atoms with van der Waals surface area (Å²) < 4.78 is 3.59. The van der Waals surface area contributed by atoms with E-state index in [1.165, 1.54) is 37.0 Å². The van der Waals surface area contributed by atoms with E-state index in [1.54, 1.807) is 0 Å². The van der Waals surface area contributed by atoms with Crippen molar-refractivity contribution >= 4 is 33.0 Å². The molecular formula is C25H17Al2IN-. The van der Waals surface area contributed by atoms with Crippen molar-refractivity contribution in [3.8, 4) is 11.1 Å². The van der Waals surface area contributed by atoms with Gasteiger partial charge in [0.1, 0.15) is 0 Å². The molecule has 0 aromatic heterocycles. The number of rotatable bonds is 4. The molecule has 0 spiro atoms. The van der Waals surface area contributed by atoms with Crippen molar-refractivity contribution in [2.45, 2.75) is 5.41 Å². The van der Waals surface area contributed by atoms with Crippen LogP contribution in [0, 0.1) is 3.57 Å². The molecule has 0 N–H and O–H groups in total. The molecule has 4 aromatic rings. The minimum absolute atomic E-state index is 0.241. The topological polar surface area (TPSA) is 3.24 Å². The summed E-state index contributed by atoms with van der Waals surface area (Å²) in [5, 5.41) is 0. The van der Waals surface area contributed by atoms with Crippen LogP contribution >= 0.6 is 0 Å². The zero-order valence-electron chi connectivity index (χ0n) is 15.8. The Morgan fingerprint density at radius 1 is 0.586 bits per heavy atom. The van der Waals surface area contributed by atoms with Gasteiger partial charge in [-0.2, -0.15) is 0 Å². The summed E-state index contributed by atoms with van der Waals surface area (Å²) in [6.07, 6.45) is 0. The first-order valence-electron chi connectivity index (χ1n) is 9.51. The fourth-order valence-electron chi connectivity index (χ4n) is 4.58. The van der Waals surface area contributed by atoms with E-state index >= 15 is 0 Å². The van der Waals surface area contributed by atoms with Crippen LogP contribution < -0.4 is 21.5 Å². The van der Waals surface area contributed by atoms with Crippen LogP contribution in [-0.2, 0) is 5.41 Å². The maximum absolute atomic E-state index is 2.78. The molecule has 0 saturated carbocycles. The van der Waals surface area contributed by atoms with Gasteiger partial charge in [0.25, 0.3) is 0 Å². The summed E-state index contributed by atoms with van der Waals surface area (Å²) in [6, 6.07) is 37.9. The molecule has 4 heteroatoms. The third kappa shape index (κ3) is 3.24. The standard InChI is InChI=1S/C25H17IN.2Al/c27-26-20-15-16-22-21-13-7-8-14-23(21)25(24(22)17-20,18-9-3-1-4-10-18)19-11-5-2-6-12-19;;/h1-17H;;/q-1;;. The van der Waals surface area contributed by atoms with Crippen molar-refractivity contribution in [1.29, 1.82) is 0 Å². The van der Waals surface area contributed by atoms with Gasteiger partial charge in [-0.1, -0.05) is 0 Å². The number of nitrogens with zero attached hydrogens (tertiary/aromatic N) is 1. The number of hydrogen-bond donors (Lipinski definition) is 0. The van der Waals surface area contributed by atoms with Crippen LogP contribution in [0.5, 0.6) is 0 Å². The van der Waals surface area contributed by atoms with Crippen LogP contribution in [0.4, 0.5) is 0 Å². The van der Waals surface area contributed by atoms with Crippen LogP contribution in [0.2, 0.25) is 0 Å². The molecule has 5 rings (SSSR count). The molecule has 0 unspecified atom stereocenters. The number of benzene rings is 4. The van der Waals surface area contributed by atoms with Crippen molar-refractivity contribution in [3.05, 3.63) is 129 Å². The van der Waals surface area contributed by atoms with E-state index in [9.17, 15) is 0 Å². The molecule has 1 aliphatic rings. The fraction of sp³-hybridized carbons (Fsp3) is 0.0400. The summed E-state index contributed by atoms with van der Waals surface area (Å²) in [6.45, 7) is 0. The Balaban J connectivity index is 1.90. The van der Waals surface area contributed by atoms with Gasteiger partial charge in [-0.25, -0.2) is 0 Å². The van der Waals surface area contributed by atoms with E-state index in [4.69, 9.17) is 0 Å². The van der Waals surface area contributed by atoms with Crippen LogP contribution in [0.3, 0.4) is 0 Å². The van der Waals surface area contributed by atoms with Crippen LogP contribution in [-0.4, -0.2) is 34.1 Å². The van der Waals surface area contributed by atoms with E-state index in [2.05, 4.69) is 137 Å². The molecule has 4 radical (unpaired) electrons. The molecule has 0 amide bonds. The molecule has 0 atom stereocenters. The van der Waals surface area contributed by atoms with Crippen molar-refractivity contribution < 1.29 is 21.5 Å². The Bertz CT molecular complexity index is 1120. The van der Waals surface area contributed by atoms with E-state index < -0.39 is 0 Å². The SMILES string of the molecule is [Al][N]([Al])[I-]c1ccc2c(c1)C(c1ccccc1)(c1ccccc1)c1ccccc1-2. The molecule has 136 valence electrons. The van der Waals surface area contributed by atoms with Gasteiger partial charge < -0.3 is 0 Å². The molecule has 0 bridgehead atoms. The summed E-state index contributed by atoms with van der Waals surface area (Å²) in [5.74, 6) is 0. The molecule has 29 heavy (non-hydrogen) atoms. The zero-order chi connectivity index (χ0) is 19.8. The molecular weight excluding hydrogens is 495 g/mol. The van der Waals surface area contributed by atoms with Crippen LogP contribution in [0.1, 0.15) is 22.3 Å². The van der Waals surface area contributed by atoms with Crippen molar-refractivity contribution in [2.75, 3.05) is 0 Å². The van der Waals surface area contributed by atoms with Crippen LogP contribution in [0.15, 0.2) is 103 Å². The number of hydrogen-bond acceptors (Lipinski definition) is 1. The first-order valence-corrected chi connectivity index (χ1v) is 12.6. The normalized spacial score (nSPS) is 14.0. The Morgan fingerprint density at radius 2 is 1.14 bits per heavy atom. The predicted molar refractivity (Wildman–Crippen MR) is 116 cm³/mol. The maximum atomic E-state index is 2.78. The van der Waals surface area contributed by atoms with Gasteiger partial charge in [0.05, 0.1) is 0 Å². The van der Waals surface area contributed by atoms with Gasteiger partial charge in [0.15, 0.2) is 0 Å². The second-order valence-corrected chi connectivity index (χ2v) is 13.8. The molecule has 0 heterocycles. The molecule has 0 aliphatic heterocycles. The van der Waals surface area contributed by atoms with Gasteiger partial charge in [-0.3, -0.25) is 0 Å². The van der Waals surface area contributed by atoms with Gasteiger partial charge in [0.2, 0.25) is 0 Å². The minimum atomic E-state index is -0.291. The second kappa shape index (κ2) is 8.05. The molecule has 1 aliphatic carbocycles. The van der Waals surface area contributed by atoms with E-state index in [1.807, 2.05) is 0 Å². The molecule has 0 saturated heterocycles. The van der Waals surface area contributed by atoms with Crippen molar-refractivity contribution in [3.63, 3.8) is 0 Å². The third-order valence-corrected chi connectivity index (χ3v) is 8.71. The Labute approximate surface area is 199 Å². The quantitative estimate of drug-likeness (QED) is 0.202. The molecule has 0 fully saturated rings. The Kier molecular flexibility index (Phi) is 5.44. The number of fused-ring (bicyclic) bond motifs is 3. The Hall–Kier alpha value is -1.37. The van der Waals surface area contributed by atoms with E-state index in [-0.39, 0.29) is 26.9 Å².